The molecule has 2 aliphatic heterocycles. The number of anilines is 2. The molecule has 146 valence electrons. The van der Waals surface area contributed by atoms with Crippen LogP contribution in [0.15, 0.2) is 23.1 Å². The molecule has 0 radical (unpaired) electrons. The Morgan fingerprint density at radius 3 is 2.93 bits per heavy atom. The van der Waals surface area contributed by atoms with Crippen molar-refractivity contribution in [2.45, 2.75) is 32.2 Å². The molecule has 0 aliphatic carbocycles. The van der Waals surface area contributed by atoms with Crippen molar-refractivity contribution in [1.29, 1.82) is 0 Å². The van der Waals surface area contributed by atoms with Crippen LogP contribution in [0.2, 0.25) is 0 Å². The van der Waals surface area contributed by atoms with Gasteiger partial charge in [0.05, 0.1) is 12.8 Å². The number of aromatic amines is 1. The van der Waals surface area contributed by atoms with Gasteiger partial charge in [-0.15, -0.1) is 0 Å². The Morgan fingerprint density at radius 2 is 2.11 bits per heavy atom. The van der Waals surface area contributed by atoms with Crippen molar-refractivity contribution in [3.63, 3.8) is 0 Å². The number of fused-ring (bicyclic) bond motifs is 2. The lowest BCUT2D eigenvalue weighted by molar-refractivity contribution is 0.221. The first kappa shape index (κ1) is 17.2. The van der Waals surface area contributed by atoms with Gasteiger partial charge in [-0.2, -0.15) is 4.98 Å². The van der Waals surface area contributed by atoms with E-state index in [1.54, 1.807) is 10.8 Å². The highest BCUT2D eigenvalue weighted by atomic mass is 16.5. The van der Waals surface area contributed by atoms with Crippen molar-refractivity contribution >= 4 is 22.8 Å². The Labute approximate surface area is 162 Å². The molecule has 3 aromatic rings. The van der Waals surface area contributed by atoms with Crippen molar-refractivity contribution in [3.05, 3.63) is 39.9 Å². The number of likely N-dealkylation sites (tertiary alicyclic amines) is 1. The SMILES string of the molecule is Cc1cc2c(cc1Nc1ncc3[nH]c(=O)n(C4CCN(C)CC4)c3n1)CCO2. The minimum absolute atomic E-state index is 0.109. The zero-order chi connectivity index (χ0) is 19.3. The summed E-state index contributed by atoms with van der Waals surface area (Å²) in [5.41, 5.74) is 4.46. The maximum Gasteiger partial charge on any atom is 0.327 e. The number of aromatic nitrogens is 4. The molecule has 28 heavy (non-hydrogen) atoms. The molecular formula is C20H24N6O2. The lowest BCUT2D eigenvalue weighted by Gasteiger charge is -2.29. The number of hydrogen-bond acceptors (Lipinski definition) is 6. The van der Waals surface area contributed by atoms with E-state index in [1.807, 2.05) is 13.0 Å². The molecule has 0 atom stereocenters. The van der Waals surface area contributed by atoms with Gasteiger partial charge in [-0.05, 0) is 63.2 Å². The summed E-state index contributed by atoms with van der Waals surface area (Å²) in [5, 5.41) is 3.33. The second-order valence-electron chi connectivity index (χ2n) is 7.76. The number of ether oxygens (including phenoxy) is 1. The second-order valence-corrected chi connectivity index (χ2v) is 7.76. The van der Waals surface area contributed by atoms with Crippen LogP contribution in [0.3, 0.4) is 0 Å². The smallest absolute Gasteiger partial charge is 0.327 e. The summed E-state index contributed by atoms with van der Waals surface area (Å²) >= 11 is 0. The third kappa shape index (κ3) is 2.93. The zero-order valence-electron chi connectivity index (χ0n) is 16.2. The van der Waals surface area contributed by atoms with Crippen LogP contribution < -0.4 is 15.7 Å². The fourth-order valence-electron chi connectivity index (χ4n) is 4.15. The summed E-state index contributed by atoms with van der Waals surface area (Å²) in [4.78, 5) is 26.8. The molecule has 1 fully saturated rings. The van der Waals surface area contributed by atoms with Crippen LogP contribution in [-0.2, 0) is 6.42 Å². The minimum atomic E-state index is -0.109. The predicted octanol–water partition coefficient (Wildman–Crippen LogP) is 2.37. The van der Waals surface area contributed by atoms with E-state index in [0.717, 1.165) is 56.0 Å². The van der Waals surface area contributed by atoms with Crippen molar-refractivity contribution < 1.29 is 4.74 Å². The van der Waals surface area contributed by atoms with E-state index in [1.165, 1.54) is 5.56 Å². The number of imidazole rings is 1. The van der Waals surface area contributed by atoms with E-state index >= 15 is 0 Å². The molecule has 0 unspecified atom stereocenters. The number of benzene rings is 1. The van der Waals surface area contributed by atoms with Crippen LogP contribution in [0.1, 0.15) is 30.0 Å². The van der Waals surface area contributed by atoms with Crippen LogP contribution in [0.25, 0.3) is 11.2 Å². The maximum absolute atomic E-state index is 12.6. The van der Waals surface area contributed by atoms with Crippen molar-refractivity contribution in [3.8, 4) is 5.75 Å². The Hall–Kier alpha value is -2.87. The molecule has 8 heteroatoms. The zero-order valence-corrected chi connectivity index (χ0v) is 16.2. The third-order valence-electron chi connectivity index (χ3n) is 5.79. The molecule has 2 aliphatic rings. The molecule has 4 heterocycles. The normalized spacial score (nSPS) is 17.6. The molecule has 1 saturated heterocycles. The first-order valence-electron chi connectivity index (χ1n) is 9.77. The topological polar surface area (TPSA) is 88.1 Å². The van der Waals surface area contributed by atoms with E-state index < -0.39 is 0 Å². The number of nitrogens with one attached hydrogen (secondary N) is 2. The molecule has 0 amide bonds. The molecule has 8 nitrogen and oxygen atoms in total. The van der Waals surface area contributed by atoms with Gasteiger partial charge in [0.15, 0.2) is 5.65 Å². The maximum atomic E-state index is 12.6. The van der Waals surface area contributed by atoms with Crippen LogP contribution in [0, 0.1) is 6.92 Å². The highest BCUT2D eigenvalue weighted by Crippen LogP contribution is 2.32. The number of rotatable bonds is 3. The number of aryl methyl sites for hydroxylation is 1. The number of nitrogens with zero attached hydrogens (tertiary/aromatic N) is 4. The Bertz CT molecular complexity index is 1090. The summed E-state index contributed by atoms with van der Waals surface area (Å²) in [6.45, 7) is 4.73. The van der Waals surface area contributed by atoms with Crippen LogP contribution >= 0.6 is 0 Å². The highest BCUT2D eigenvalue weighted by Gasteiger charge is 2.23. The van der Waals surface area contributed by atoms with Crippen LogP contribution in [-0.4, -0.2) is 51.2 Å². The second kappa shape index (κ2) is 6.63. The summed E-state index contributed by atoms with van der Waals surface area (Å²) in [5.74, 6) is 1.45. The van der Waals surface area contributed by atoms with Crippen molar-refractivity contribution in [2.75, 3.05) is 32.1 Å². The first-order valence-corrected chi connectivity index (χ1v) is 9.77. The van der Waals surface area contributed by atoms with Gasteiger partial charge in [-0.1, -0.05) is 0 Å². The summed E-state index contributed by atoms with van der Waals surface area (Å²) in [6, 6.07) is 4.32. The molecule has 5 rings (SSSR count). The average molecular weight is 380 g/mol. The summed E-state index contributed by atoms with van der Waals surface area (Å²) in [7, 11) is 2.11. The van der Waals surface area contributed by atoms with Gasteiger partial charge in [0.25, 0.3) is 0 Å². The fourth-order valence-corrected chi connectivity index (χ4v) is 4.15. The summed E-state index contributed by atoms with van der Waals surface area (Å²) in [6.07, 6.45) is 4.49. The van der Waals surface area contributed by atoms with Gasteiger partial charge in [0, 0.05) is 18.2 Å². The van der Waals surface area contributed by atoms with Gasteiger partial charge >= 0.3 is 5.69 Å². The van der Waals surface area contributed by atoms with Gasteiger partial charge in [0.2, 0.25) is 5.95 Å². The quantitative estimate of drug-likeness (QED) is 0.725. The highest BCUT2D eigenvalue weighted by molar-refractivity contribution is 5.72. The van der Waals surface area contributed by atoms with Gasteiger partial charge in [0.1, 0.15) is 11.3 Å². The molecule has 0 bridgehead atoms. The molecule has 2 aromatic heterocycles. The van der Waals surface area contributed by atoms with Crippen LogP contribution in [0.5, 0.6) is 5.75 Å². The Kier molecular flexibility index (Phi) is 4.08. The lowest BCUT2D eigenvalue weighted by atomic mass is 10.1. The van der Waals surface area contributed by atoms with Crippen LogP contribution in [0.4, 0.5) is 11.6 Å². The lowest BCUT2D eigenvalue weighted by Crippen LogP contribution is -2.34. The van der Waals surface area contributed by atoms with Crippen molar-refractivity contribution in [2.24, 2.45) is 0 Å². The van der Waals surface area contributed by atoms with E-state index in [4.69, 9.17) is 4.74 Å². The van der Waals surface area contributed by atoms with E-state index in [9.17, 15) is 4.79 Å². The number of piperidine rings is 1. The van der Waals surface area contributed by atoms with Gasteiger partial charge in [-0.25, -0.2) is 9.78 Å². The molecule has 0 spiro atoms. The van der Waals surface area contributed by atoms with E-state index in [2.05, 4.69) is 38.3 Å². The van der Waals surface area contributed by atoms with Gasteiger partial charge < -0.3 is 19.9 Å². The summed E-state index contributed by atoms with van der Waals surface area (Å²) < 4.78 is 7.43. The Morgan fingerprint density at radius 1 is 1.29 bits per heavy atom. The Balaban J connectivity index is 1.50. The first-order chi connectivity index (χ1) is 13.6. The fraction of sp³-hybridized carbons (Fsp3) is 0.450. The third-order valence-corrected chi connectivity index (χ3v) is 5.79. The largest absolute Gasteiger partial charge is 0.493 e. The number of H-pyrrole nitrogens is 1. The standard InChI is InChI=1S/C20H24N6O2/c1-12-9-17-13(5-8-28-17)10-15(12)22-19-21-11-16-18(24-19)26(20(27)23-16)14-3-6-25(2)7-4-14/h9-11,14H,3-8H2,1-2H3,(H,23,27)(H,21,22,24). The molecular weight excluding hydrogens is 356 g/mol. The monoisotopic (exact) mass is 380 g/mol. The van der Waals surface area contributed by atoms with Gasteiger partial charge in [-0.3, -0.25) is 4.57 Å². The minimum Gasteiger partial charge on any atom is -0.493 e. The van der Waals surface area contributed by atoms with E-state index in [-0.39, 0.29) is 11.7 Å². The molecule has 0 saturated carbocycles. The molecule has 1 aromatic carbocycles. The molecule has 2 N–H and O–H groups in total. The van der Waals surface area contributed by atoms with Crippen molar-refractivity contribution in [1.82, 2.24) is 24.4 Å². The predicted molar refractivity (Wildman–Crippen MR) is 108 cm³/mol. The van der Waals surface area contributed by atoms with E-state index in [0.29, 0.717) is 17.1 Å². The number of hydrogen-bond donors (Lipinski definition) is 2. The average Bonchev–Trinajstić information content (AvgIpc) is 3.25.